The summed E-state index contributed by atoms with van der Waals surface area (Å²) in [4.78, 5) is 4.42. The third-order valence-corrected chi connectivity index (χ3v) is 4.45. The summed E-state index contributed by atoms with van der Waals surface area (Å²) in [6, 6.07) is 10.8. The SMILES string of the molecule is NC(Cc1ccnc2ccccc12)C1CCCCC1. The molecule has 19 heavy (non-hydrogen) atoms. The number of hydrogen-bond donors (Lipinski definition) is 1. The first-order valence-corrected chi connectivity index (χ1v) is 7.43. The van der Waals surface area contributed by atoms with E-state index in [-0.39, 0.29) is 0 Å². The van der Waals surface area contributed by atoms with E-state index in [1.54, 1.807) is 0 Å². The minimum atomic E-state index is 0.297. The van der Waals surface area contributed by atoms with E-state index in [0.29, 0.717) is 12.0 Å². The highest BCUT2D eigenvalue weighted by Crippen LogP contribution is 2.28. The van der Waals surface area contributed by atoms with Crippen LogP contribution in [0.4, 0.5) is 0 Å². The van der Waals surface area contributed by atoms with Crippen molar-refractivity contribution in [3.8, 4) is 0 Å². The van der Waals surface area contributed by atoms with Crippen LogP contribution in [0.25, 0.3) is 10.9 Å². The topological polar surface area (TPSA) is 38.9 Å². The van der Waals surface area contributed by atoms with E-state index in [4.69, 9.17) is 5.73 Å². The molecule has 1 unspecified atom stereocenters. The highest BCUT2D eigenvalue weighted by atomic mass is 14.7. The zero-order valence-corrected chi connectivity index (χ0v) is 11.4. The van der Waals surface area contributed by atoms with Crippen LogP contribution in [0.15, 0.2) is 36.5 Å². The summed E-state index contributed by atoms with van der Waals surface area (Å²) in [5, 5.41) is 1.26. The first kappa shape index (κ1) is 12.6. The third kappa shape index (κ3) is 2.79. The molecule has 2 N–H and O–H groups in total. The quantitative estimate of drug-likeness (QED) is 0.907. The van der Waals surface area contributed by atoms with Crippen molar-refractivity contribution in [2.24, 2.45) is 11.7 Å². The van der Waals surface area contributed by atoms with E-state index >= 15 is 0 Å². The van der Waals surface area contributed by atoms with E-state index in [2.05, 4.69) is 29.2 Å². The Hall–Kier alpha value is -1.41. The molecular formula is C17H22N2. The molecule has 1 heterocycles. The van der Waals surface area contributed by atoms with Crippen LogP contribution in [-0.4, -0.2) is 11.0 Å². The summed E-state index contributed by atoms with van der Waals surface area (Å²) in [5.41, 5.74) is 8.88. The Kier molecular flexibility index (Phi) is 3.79. The summed E-state index contributed by atoms with van der Waals surface area (Å²) in [6.45, 7) is 0. The van der Waals surface area contributed by atoms with Gasteiger partial charge in [-0.25, -0.2) is 0 Å². The number of nitrogens with two attached hydrogens (primary N) is 1. The van der Waals surface area contributed by atoms with Gasteiger partial charge in [0.05, 0.1) is 5.52 Å². The zero-order chi connectivity index (χ0) is 13.1. The van der Waals surface area contributed by atoms with Gasteiger partial charge in [0.2, 0.25) is 0 Å². The summed E-state index contributed by atoms with van der Waals surface area (Å²) < 4.78 is 0. The summed E-state index contributed by atoms with van der Waals surface area (Å²) in [7, 11) is 0. The lowest BCUT2D eigenvalue weighted by Crippen LogP contribution is -2.33. The van der Waals surface area contributed by atoms with Gasteiger partial charge in [-0.1, -0.05) is 37.5 Å². The second kappa shape index (κ2) is 5.70. The molecule has 1 aliphatic rings. The number of rotatable bonds is 3. The fourth-order valence-corrected chi connectivity index (χ4v) is 3.32. The molecule has 0 aliphatic heterocycles. The largest absolute Gasteiger partial charge is 0.327 e. The molecule has 1 atom stereocenters. The maximum absolute atomic E-state index is 6.45. The Morgan fingerprint density at radius 2 is 1.89 bits per heavy atom. The van der Waals surface area contributed by atoms with Crippen LogP contribution < -0.4 is 5.73 Å². The smallest absolute Gasteiger partial charge is 0.0704 e. The summed E-state index contributed by atoms with van der Waals surface area (Å²) in [5.74, 6) is 0.709. The number of nitrogens with zero attached hydrogens (tertiary/aromatic N) is 1. The summed E-state index contributed by atoms with van der Waals surface area (Å²) >= 11 is 0. The molecule has 2 aromatic rings. The van der Waals surface area contributed by atoms with Crippen LogP contribution in [-0.2, 0) is 6.42 Å². The molecule has 0 saturated heterocycles. The minimum absolute atomic E-state index is 0.297. The zero-order valence-electron chi connectivity index (χ0n) is 11.4. The molecule has 2 nitrogen and oxygen atoms in total. The molecular weight excluding hydrogens is 232 g/mol. The van der Waals surface area contributed by atoms with Gasteiger partial charge in [0.25, 0.3) is 0 Å². The lowest BCUT2D eigenvalue weighted by Gasteiger charge is -2.27. The molecule has 100 valence electrons. The van der Waals surface area contributed by atoms with Crippen molar-refractivity contribution in [3.63, 3.8) is 0 Å². The van der Waals surface area contributed by atoms with Gasteiger partial charge in [-0.05, 0) is 42.9 Å². The molecule has 1 aromatic carbocycles. The highest BCUT2D eigenvalue weighted by molar-refractivity contribution is 5.81. The average Bonchev–Trinajstić information content (AvgIpc) is 2.48. The Bertz CT molecular complexity index is 538. The number of pyridine rings is 1. The van der Waals surface area contributed by atoms with Gasteiger partial charge in [-0.3, -0.25) is 4.98 Å². The molecule has 1 aliphatic carbocycles. The fraction of sp³-hybridized carbons (Fsp3) is 0.471. The van der Waals surface area contributed by atoms with E-state index in [0.717, 1.165) is 11.9 Å². The molecule has 0 amide bonds. The average molecular weight is 254 g/mol. The molecule has 0 bridgehead atoms. The van der Waals surface area contributed by atoms with Gasteiger partial charge in [-0.15, -0.1) is 0 Å². The van der Waals surface area contributed by atoms with Crippen LogP contribution in [0.1, 0.15) is 37.7 Å². The Morgan fingerprint density at radius 1 is 1.11 bits per heavy atom. The van der Waals surface area contributed by atoms with Gasteiger partial charge in [0.1, 0.15) is 0 Å². The van der Waals surface area contributed by atoms with E-state index in [1.807, 2.05) is 12.3 Å². The fourth-order valence-electron chi connectivity index (χ4n) is 3.32. The predicted molar refractivity (Wildman–Crippen MR) is 80.0 cm³/mol. The van der Waals surface area contributed by atoms with Crippen molar-refractivity contribution in [1.29, 1.82) is 0 Å². The summed E-state index contributed by atoms with van der Waals surface area (Å²) in [6.07, 6.45) is 9.61. The van der Waals surface area contributed by atoms with Gasteiger partial charge in [0.15, 0.2) is 0 Å². The molecule has 1 aromatic heterocycles. The van der Waals surface area contributed by atoms with Crippen LogP contribution in [0.2, 0.25) is 0 Å². The molecule has 3 rings (SSSR count). The molecule has 2 heteroatoms. The molecule has 1 fully saturated rings. The Balaban J connectivity index is 1.80. The van der Waals surface area contributed by atoms with Gasteiger partial charge < -0.3 is 5.73 Å². The number of benzene rings is 1. The van der Waals surface area contributed by atoms with Crippen molar-refractivity contribution in [3.05, 3.63) is 42.1 Å². The number of para-hydroxylation sites is 1. The standard InChI is InChI=1S/C17H22N2/c18-16(13-6-2-1-3-7-13)12-14-10-11-19-17-9-5-4-8-15(14)17/h4-5,8-11,13,16H,1-3,6-7,12,18H2. The van der Waals surface area contributed by atoms with Crippen molar-refractivity contribution in [1.82, 2.24) is 4.98 Å². The van der Waals surface area contributed by atoms with Gasteiger partial charge >= 0.3 is 0 Å². The van der Waals surface area contributed by atoms with E-state index in [1.165, 1.54) is 43.1 Å². The van der Waals surface area contributed by atoms with Crippen LogP contribution >= 0.6 is 0 Å². The molecule has 1 saturated carbocycles. The lowest BCUT2D eigenvalue weighted by atomic mass is 9.82. The monoisotopic (exact) mass is 254 g/mol. The van der Waals surface area contributed by atoms with Crippen molar-refractivity contribution in [2.75, 3.05) is 0 Å². The van der Waals surface area contributed by atoms with Crippen LogP contribution in [0.3, 0.4) is 0 Å². The molecule has 0 radical (unpaired) electrons. The number of fused-ring (bicyclic) bond motifs is 1. The van der Waals surface area contributed by atoms with Gasteiger partial charge in [0, 0.05) is 17.6 Å². The maximum Gasteiger partial charge on any atom is 0.0704 e. The first-order valence-electron chi connectivity index (χ1n) is 7.43. The number of aromatic nitrogens is 1. The van der Waals surface area contributed by atoms with Crippen LogP contribution in [0, 0.1) is 5.92 Å². The van der Waals surface area contributed by atoms with Crippen molar-refractivity contribution in [2.45, 2.75) is 44.6 Å². The first-order chi connectivity index (χ1) is 9.34. The Morgan fingerprint density at radius 3 is 2.74 bits per heavy atom. The Labute approximate surface area is 115 Å². The highest BCUT2D eigenvalue weighted by Gasteiger charge is 2.21. The predicted octanol–water partition coefficient (Wildman–Crippen LogP) is 3.68. The van der Waals surface area contributed by atoms with Crippen LogP contribution in [0.5, 0.6) is 0 Å². The minimum Gasteiger partial charge on any atom is -0.327 e. The normalized spacial score (nSPS) is 18.6. The van der Waals surface area contributed by atoms with E-state index in [9.17, 15) is 0 Å². The van der Waals surface area contributed by atoms with Crippen molar-refractivity contribution < 1.29 is 0 Å². The second-order valence-corrected chi connectivity index (χ2v) is 5.75. The van der Waals surface area contributed by atoms with E-state index < -0.39 is 0 Å². The lowest BCUT2D eigenvalue weighted by molar-refractivity contribution is 0.303. The van der Waals surface area contributed by atoms with Crippen molar-refractivity contribution >= 4 is 10.9 Å². The maximum atomic E-state index is 6.45. The third-order valence-electron chi connectivity index (χ3n) is 4.45. The number of hydrogen-bond acceptors (Lipinski definition) is 2. The second-order valence-electron chi connectivity index (χ2n) is 5.75. The molecule has 0 spiro atoms. The van der Waals surface area contributed by atoms with Gasteiger partial charge in [-0.2, -0.15) is 0 Å².